The summed E-state index contributed by atoms with van der Waals surface area (Å²) in [6, 6.07) is 27.6. The number of aromatic nitrogens is 1. The lowest BCUT2D eigenvalue weighted by molar-refractivity contribution is 0.724. The molecule has 0 radical (unpaired) electrons. The van der Waals surface area contributed by atoms with Crippen LogP contribution in [-0.4, -0.2) is 24.2 Å². The number of hydrogen-bond donors (Lipinski definition) is 2. The molecule has 0 aliphatic heterocycles. The van der Waals surface area contributed by atoms with E-state index in [2.05, 4.69) is 89.7 Å². The van der Waals surface area contributed by atoms with Crippen molar-refractivity contribution in [2.75, 3.05) is 25.0 Å². The number of para-hydroxylation sites is 3. The lowest BCUT2D eigenvalue weighted by Gasteiger charge is -2.05. The van der Waals surface area contributed by atoms with E-state index in [0.29, 0.717) is 0 Å². The molecule has 146 valence electrons. The minimum atomic E-state index is 0.984. The quantitative estimate of drug-likeness (QED) is 0.394. The van der Waals surface area contributed by atoms with Crippen molar-refractivity contribution in [2.45, 2.75) is 26.8 Å². The molecule has 0 saturated heterocycles. The maximum Gasteiger partial charge on any atom is 0.0491 e. The van der Waals surface area contributed by atoms with E-state index >= 15 is 0 Å². The third kappa shape index (κ3) is 4.93. The van der Waals surface area contributed by atoms with Crippen LogP contribution in [0.2, 0.25) is 0 Å². The molecular weight excluding hydrogens is 342 g/mol. The monoisotopic (exact) mass is 373 g/mol. The van der Waals surface area contributed by atoms with Gasteiger partial charge in [-0.2, -0.15) is 0 Å². The second-order valence-electron chi connectivity index (χ2n) is 6.83. The minimum Gasteiger partial charge on any atom is -0.384 e. The van der Waals surface area contributed by atoms with E-state index in [1.165, 1.54) is 33.9 Å². The van der Waals surface area contributed by atoms with Crippen molar-refractivity contribution < 1.29 is 0 Å². The summed E-state index contributed by atoms with van der Waals surface area (Å²) in [5.74, 6) is 0. The molecule has 0 atom stereocenters. The Kier molecular flexibility index (Phi) is 7.51. The summed E-state index contributed by atoms with van der Waals surface area (Å²) in [4.78, 5) is 0. The van der Waals surface area contributed by atoms with Crippen LogP contribution in [0.5, 0.6) is 0 Å². The lowest BCUT2D eigenvalue weighted by atomic mass is 10.2. The zero-order chi connectivity index (χ0) is 19.6. The highest BCUT2D eigenvalue weighted by Crippen LogP contribution is 2.28. The first kappa shape index (κ1) is 20.0. The molecule has 0 saturated carbocycles. The van der Waals surface area contributed by atoms with Gasteiger partial charge in [-0.05, 0) is 37.2 Å². The molecule has 28 heavy (non-hydrogen) atoms. The number of nitrogens with one attached hydrogen (secondary N) is 2. The zero-order valence-electron chi connectivity index (χ0n) is 17.0. The molecule has 0 spiro atoms. The van der Waals surface area contributed by atoms with Crippen LogP contribution in [0.25, 0.3) is 21.8 Å². The normalized spacial score (nSPS) is 10.6. The molecule has 1 heterocycles. The second kappa shape index (κ2) is 10.5. The van der Waals surface area contributed by atoms with Crippen LogP contribution in [-0.2, 0) is 6.54 Å². The maximum absolute atomic E-state index is 3.32. The molecule has 1 aromatic heterocycles. The van der Waals surface area contributed by atoms with Gasteiger partial charge in [-0.3, -0.25) is 0 Å². The number of nitrogens with zero attached hydrogens (tertiary/aromatic N) is 1. The summed E-state index contributed by atoms with van der Waals surface area (Å²) < 4.78 is 2.42. The van der Waals surface area contributed by atoms with Gasteiger partial charge in [0, 0.05) is 47.1 Å². The molecule has 0 aliphatic rings. The maximum atomic E-state index is 3.32. The number of hydrogen-bond acceptors (Lipinski definition) is 2. The molecule has 0 aliphatic carbocycles. The van der Waals surface area contributed by atoms with Crippen LogP contribution in [0.4, 0.5) is 5.69 Å². The standard InChI is InChI=1S/C15H15N.C10H16N2/c1-2-11-16-14-9-5-3-7-12(14)13-8-4-6-10-15(13)16;1-2-11-8-9-12-10-6-4-3-5-7-10/h3-10H,2,11H2,1H3;3-7,11-12H,2,8-9H2,1H3. The van der Waals surface area contributed by atoms with Crippen molar-refractivity contribution in [1.82, 2.24) is 9.88 Å². The second-order valence-corrected chi connectivity index (χ2v) is 6.83. The topological polar surface area (TPSA) is 29.0 Å². The molecule has 2 N–H and O–H groups in total. The third-order valence-corrected chi connectivity index (χ3v) is 4.78. The molecule has 0 fully saturated rings. The Bertz CT molecular complexity index is 920. The Morgan fingerprint density at radius 2 is 1.25 bits per heavy atom. The molecule has 3 nitrogen and oxygen atoms in total. The Hall–Kier alpha value is -2.78. The van der Waals surface area contributed by atoms with E-state index in [4.69, 9.17) is 0 Å². The molecule has 0 bridgehead atoms. The van der Waals surface area contributed by atoms with Crippen LogP contribution in [0, 0.1) is 0 Å². The summed E-state index contributed by atoms with van der Waals surface area (Å²) in [7, 11) is 0. The van der Waals surface area contributed by atoms with Gasteiger partial charge in [0.1, 0.15) is 0 Å². The van der Waals surface area contributed by atoms with E-state index < -0.39 is 0 Å². The highest BCUT2D eigenvalue weighted by atomic mass is 15.0. The van der Waals surface area contributed by atoms with Crippen molar-refractivity contribution in [1.29, 1.82) is 0 Å². The molecule has 3 aromatic carbocycles. The predicted molar refractivity (Wildman–Crippen MR) is 123 cm³/mol. The minimum absolute atomic E-state index is 0.984. The van der Waals surface area contributed by atoms with E-state index in [0.717, 1.165) is 26.2 Å². The average molecular weight is 374 g/mol. The molecule has 3 heteroatoms. The van der Waals surface area contributed by atoms with E-state index in [1.807, 2.05) is 18.2 Å². The number of likely N-dealkylation sites (N-methyl/N-ethyl adjacent to an activating group) is 1. The summed E-state index contributed by atoms with van der Waals surface area (Å²) in [5, 5.41) is 9.31. The Morgan fingerprint density at radius 3 is 1.82 bits per heavy atom. The number of benzene rings is 3. The highest BCUT2D eigenvalue weighted by Gasteiger charge is 2.07. The van der Waals surface area contributed by atoms with E-state index in [1.54, 1.807) is 0 Å². The van der Waals surface area contributed by atoms with Crippen molar-refractivity contribution in [3.05, 3.63) is 78.9 Å². The van der Waals surface area contributed by atoms with Crippen LogP contribution >= 0.6 is 0 Å². The van der Waals surface area contributed by atoms with E-state index in [9.17, 15) is 0 Å². The highest BCUT2D eigenvalue weighted by molar-refractivity contribution is 6.07. The van der Waals surface area contributed by atoms with Crippen molar-refractivity contribution >= 4 is 27.5 Å². The SMILES string of the molecule is CCCn1c2ccccc2c2ccccc21.CCNCCNc1ccccc1. The summed E-state index contributed by atoms with van der Waals surface area (Å²) in [6.45, 7) is 8.47. The summed E-state index contributed by atoms with van der Waals surface area (Å²) in [6.07, 6.45) is 1.17. The fourth-order valence-electron chi connectivity index (χ4n) is 3.50. The van der Waals surface area contributed by atoms with Gasteiger partial charge in [0.05, 0.1) is 0 Å². The van der Waals surface area contributed by atoms with Gasteiger partial charge in [-0.15, -0.1) is 0 Å². The number of aryl methyl sites for hydroxylation is 1. The Labute approximate surface area is 168 Å². The van der Waals surface area contributed by atoms with Crippen molar-refractivity contribution in [2.24, 2.45) is 0 Å². The fraction of sp³-hybridized carbons (Fsp3) is 0.280. The lowest BCUT2D eigenvalue weighted by Crippen LogP contribution is -2.21. The predicted octanol–water partition coefficient (Wildman–Crippen LogP) is 5.91. The van der Waals surface area contributed by atoms with Crippen molar-refractivity contribution in [3.63, 3.8) is 0 Å². The van der Waals surface area contributed by atoms with E-state index in [-0.39, 0.29) is 0 Å². The smallest absolute Gasteiger partial charge is 0.0491 e. The van der Waals surface area contributed by atoms with Crippen molar-refractivity contribution in [3.8, 4) is 0 Å². The van der Waals surface area contributed by atoms with Crippen LogP contribution in [0.3, 0.4) is 0 Å². The van der Waals surface area contributed by atoms with Gasteiger partial charge in [0.15, 0.2) is 0 Å². The summed E-state index contributed by atoms with van der Waals surface area (Å²) >= 11 is 0. The van der Waals surface area contributed by atoms with Gasteiger partial charge < -0.3 is 15.2 Å². The summed E-state index contributed by atoms with van der Waals surface area (Å²) in [5.41, 5.74) is 3.89. The average Bonchev–Trinajstić information content (AvgIpc) is 3.07. The Morgan fingerprint density at radius 1 is 0.679 bits per heavy atom. The van der Waals surface area contributed by atoms with Gasteiger partial charge in [-0.25, -0.2) is 0 Å². The van der Waals surface area contributed by atoms with Gasteiger partial charge >= 0.3 is 0 Å². The number of rotatable bonds is 7. The molecular formula is C25H31N3. The first-order valence-electron chi connectivity index (χ1n) is 10.3. The third-order valence-electron chi connectivity index (χ3n) is 4.78. The van der Waals surface area contributed by atoms with Gasteiger partial charge in [0.2, 0.25) is 0 Å². The fourth-order valence-corrected chi connectivity index (χ4v) is 3.50. The number of anilines is 1. The van der Waals surface area contributed by atoms with Gasteiger partial charge in [-0.1, -0.05) is 68.4 Å². The molecule has 0 unspecified atom stereocenters. The zero-order valence-corrected chi connectivity index (χ0v) is 17.0. The van der Waals surface area contributed by atoms with Crippen LogP contribution in [0.1, 0.15) is 20.3 Å². The number of fused-ring (bicyclic) bond motifs is 3. The molecule has 4 rings (SSSR count). The molecule has 4 aromatic rings. The Balaban J connectivity index is 0.000000169. The van der Waals surface area contributed by atoms with Crippen LogP contribution in [0.15, 0.2) is 78.9 Å². The molecule has 0 amide bonds. The first-order valence-corrected chi connectivity index (χ1v) is 10.3. The van der Waals surface area contributed by atoms with Gasteiger partial charge in [0.25, 0.3) is 0 Å². The van der Waals surface area contributed by atoms with Crippen LogP contribution < -0.4 is 10.6 Å². The first-order chi connectivity index (χ1) is 13.8. The largest absolute Gasteiger partial charge is 0.384 e.